The van der Waals surface area contributed by atoms with Crippen LogP contribution in [0.15, 0.2) is 17.0 Å². The molecule has 0 bridgehead atoms. The van der Waals surface area contributed by atoms with Gasteiger partial charge in [-0.2, -0.15) is 4.31 Å². The highest BCUT2D eigenvalue weighted by Gasteiger charge is 2.27. The fourth-order valence-corrected chi connectivity index (χ4v) is 2.97. The lowest BCUT2D eigenvalue weighted by Crippen LogP contribution is -2.33. The average molecular weight is 281 g/mol. The maximum Gasteiger partial charge on any atom is 0.246 e. The van der Waals surface area contributed by atoms with Crippen LogP contribution in [0, 0.1) is 5.82 Å². The molecule has 0 aliphatic carbocycles. The molecule has 96 valence electrons. The maximum atomic E-state index is 13.7. The second kappa shape index (κ2) is 4.80. The molecule has 7 heteroatoms. The average Bonchev–Trinajstić information content (AvgIpc) is 2.21. The maximum absolute atomic E-state index is 13.7. The number of nitrogen functional groups attached to an aromatic ring is 1. The van der Waals surface area contributed by atoms with E-state index in [2.05, 4.69) is 0 Å². The molecule has 0 fully saturated rings. The third-order valence-electron chi connectivity index (χ3n) is 2.40. The highest BCUT2D eigenvalue weighted by Crippen LogP contribution is 2.28. The van der Waals surface area contributed by atoms with E-state index in [0.29, 0.717) is 0 Å². The summed E-state index contributed by atoms with van der Waals surface area (Å²) >= 11 is 5.57. The Kier molecular flexibility index (Phi) is 4.01. The summed E-state index contributed by atoms with van der Waals surface area (Å²) in [5.74, 6) is -0.978. The van der Waals surface area contributed by atoms with E-state index in [1.165, 1.54) is 13.1 Å². The molecule has 0 aliphatic heterocycles. The lowest BCUT2D eigenvalue weighted by molar-refractivity contribution is 0.407. The number of anilines is 1. The van der Waals surface area contributed by atoms with Gasteiger partial charge in [-0.05, 0) is 26.0 Å². The molecule has 2 N–H and O–H groups in total. The van der Waals surface area contributed by atoms with Gasteiger partial charge in [0, 0.05) is 18.8 Å². The van der Waals surface area contributed by atoms with Gasteiger partial charge < -0.3 is 5.73 Å². The largest absolute Gasteiger partial charge is 0.399 e. The van der Waals surface area contributed by atoms with Gasteiger partial charge in [-0.3, -0.25) is 0 Å². The monoisotopic (exact) mass is 280 g/mol. The zero-order valence-electron chi connectivity index (χ0n) is 9.74. The van der Waals surface area contributed by atoms with Gasteiger partial charge in [0.05, 0.1) is 5.02 Å². The van der Waals surface area contributed by atoms with E-state index in [0.717, 1.165) is 10.4 Å². The quantitative estimate of drug-likeness (QED) is 0.863. The molecular weight excluding hydrogens is 267 g/mol. The number of hydrogen-bond acceptors (Lipinski definition) is 3. The fourth-order valence-electron chi connectivity index (χ4n) is 1.20. The standard InChI is InChI=1S/C10H14ClFN2O2S/c1-6(2)14(3)17(15,16)9-5-7(13)4-8(11)10(9)12/h4-6H,13H2,1-3H3. The van der Waals surface area contributed by atoms with Gasteiger partial charge >= 0.3 is 0 Å². The van der Waals surface area contributed by atoms with E-state index in [-0.39, 0.29) is 16.8 Å². The van der Waals surface area contributed by atoms with Crippen molar-refractivity contribution in [3.63, 3.8) is 0 Å². The van der Waals surface area contributed by atoms with E-state index < -0.39 is 20.7 Å². The Morgan fingerprint density at radius 1 is 1.41 bits per heavy atom. The first-order chi connectivity index (χ1) is 7.67. The minimum atomic E-state index is -3.92. The van der Waals surface area contributed by atoms with Crippen molar-refractivity contribution in [2.45, 2.75) is 24.8 Å². The summed E-state index contributed by atoms with van der Waals surface area (Å²) in [4.78, 5) is -0.501. The normalized spacial score (nSPS) is 12.4. The van der Waals surface area contributed by atoms with Crippen LogP contribution in [0.5, 0.6) is 0 Å². The first-order valence-corrected chi connectivity index (χ1v) is 6.72. The Morgan fingerprint density at radius 2 is 1.94 bits per heavy atom. The summed E-state index contributed by atoms with van der Waals surface area (Å²) in [5.41, 5.74) is 5.57. The van der Waals surface area contributed by atoms with Crippen LogP contribution >= 0.6 is 11.6 Å². The minimum absolute atomic E-state index is 0.104. The summed E-state index contributed by atoms with van der Waals surface area (Å²) in [5, 5.41) is -0.305. The summed E-state index contributed by atoms with van der Waals surface area (Å²) in [6.07, 6.45) is 0. The predicted molar refractivity (Wildman–Crippen MR) is 65.9 cm³/mol. The van der Waals surface area contributed by atoms with Crippen LogP contribution in [0.4, 0.5) is 10.1 Å². The van der Waals surface area contributed by atoms with Crippen molar-refractivity contribution in [2.24, 2.45) is 0 Å². The topological polar surface area (TPSA) is 63.4 Å². The molecule has 0 radical (unpaired) electrons. The number of nitrogens with two attached hydrogens (primary N) is 1. The van der Waals surface area contributed by atoms with Crippen molar-refractivity contribution in [1.29, 1.82) is 0 Å². The Balaban J connectivity index is 3.44. The molecule has 0 unspecified atom stereocenters. The van der Waals surface area contributed by atoms with E-state index >= 15 is 0 Å². The van der Waals surface area contributed by atoms with E-state index in [4.69, 9.17) is 17.3 Å². The summed E-state index contributed by atoms with van der Waals surface area (Å²) in [7, 11) is -2.55. The second-order valence-electron chi connectivity index (χ2n) is 3.93. The molecule has 0 spiro atoms. The highest BCUT2D eigenvalue weighted by molar-refractivity contribution is 7.89. The number of halogens is 2. The van der Waals surface area contributed by atoms with Crippen LogP contribution in [-0.4, -0.2) is 25.8 Å². The predicted octanol–water partition coefficient (Wildman–Crippen LogP) is 2.09. The van der Waals surface area contributed by atoms with Crippen LogP contribution in [0.2, 0.25) is 5.02 Å². The summed E-state index contributed by atoms with van der Waals surface area (Å²) in [6, 6.07) is 1.94. The first-order valence-electron chi connectivity index (χ1n) is 4.90. The molecule has 0 amide bonds. The molecule has 0 saturated heterocycles. The van der Waals surface area contributed by atoms with Crippen LogP contribution in [0.1, 0.15) is 13.8 Å². The molecule has 0 heterocycles. The summed E-state index contributed by atoms with van der Waals surface area (Å²) in [6.45, 7) is 3.37. The zero-order chi connectivity index (χ0) is 13.4. The Morgan fingerprint density at radius 3 is 2.41 bits per heavy atom. The van der Waals surface area contributed by atoms with Crippen LogP contribution < -0.4 is 5.73 Å². The molecule has 0 saturated carbocycles. The van der Waals surface area contributed by atoms with Crippen molar-refractivity contribution in [1.82, 2.24) is 4.31 Å². The molecule has 1 aromatic rings. The third-order valence-corrected chi connectivity index (χ3v) is 4.71. The molecule has 1 aromatic carbocycles. The van der Waals surface area contributed by atoms with Crippen LogP contribution in [0.3, 0.4) is 0 Å². The first kappa shape index (κ1) is 14.2. The van der Waals surface area contributed by atoms with Gasteiger partial charge in [0.25, 0.3) is 0 Å². The number of rotatable bonds is 3. The Bertz CT molecular complexity index is 531. The number of sulfonamides is 1. The van der Waals surface area contributed by atoms with E-state index in [1.54, 1.807) is 13.8 Å². The van der Waals surface area contributed by atoms with Gasteiger partial charge in [-0.15, -0.1) is 0 Å². The number of benzene rings is 1. The molecule has 0 aliphatic rings. The Hall–Kier alpha value is -0.850. The van der Waals surface area contributed by atoms with Crippen LogP contribution in [0.25, 0.3) is 0 Å². The number of hydrogen-bond donors (Lipinski definition) is 1. The second-order valence-corrected chi connectivity index (χ2v) is 6.30. The summed E-state index contributed by atoms with van der Waals surface area (Å²) < 4.78 is 38.9. The molecule has 1 rings (SSSR count). The number of nitrogens with zero attached hydrogens (tertiary/aromatic N) is 1. The van der Waals surface area contributed by atoms with Crippen molar-refractivity contribution in [3.8, 4) is 0 Å². The van der Waals surface area contributed by atoms with E-state index in [9.17, 15) is 12.8 Å². The smallest absolute Gasteiger partial charge is 0.246 e. The Labute approximate surface area is 105 Å². The van der Waals surface area contributed by atoms with Crippen molar-refractivity contribution in [3.05, 3.63) is 23.0 Å². The minimum Gasteiger partial charge on any atom is -0.399 e. The molecular formula is C10H14ClFN2O2S. The van der Waals surface area contributed by atoms with Crippen molar-refractivity contribution in [2.75, 3.05) is 12.8 Å². The van der Waals surface area contributed by atoms with Gasteiger partial charge in [-0.1, -0.05) is 11.6 Å². The van der Waals surface area contributed by atoms with Gasteiger partial charge in [0.1, 0.15) is 4.90 Å². The molecule has 0 aromatic heterocycles. The van der Waals surface area contributed by atoms with Crippen molar-refractivity contribution >= 4 is 27.3 Å². The molecule has 0 atom stereocenters. The van der Waals surface area contributed by atoms with Gasteiger partial charge in [0.15, 0.2) is 5.82 Å². The highest BCUT2D eigenvalue weighted by atomic mass is 35.5. The van der Waals surface area contributed by atoms with Gasteiger partial charge in [0.2, 0.25) is 10.0 Å². The zero-order valence-corrected chi connectivity index (χ0v) is 11.3. The third kappa shape index (κ3) is 2.70. The van der Waals surface area contributed by atoms with Gasteiger partial charge in [-0.25, -0.2) is 12.8 Å². The molecule has 4 nitrogen and oxygen atoms in total. The lowest BCUT2D eigenvalue weighted by atomic mass is 10.3. The SMILES string of the molecule is CC(C)N(C)S(=O)(=O)c1cc(N)cc(Cl)c1F. The lowest BCUT2D eigenvalue weighted by Gasteiger charge is -2.21. The van der Waals surface area contributed by atoms with E-state index in [1.807, 2.05) is 0 Å². The van der Waals surface area contributed by atoms with Crippen molar-refractivity contribution < 1.29 is 12.8 Å². The molecule has 17 heavy (non-hydrogen) atoms. The van der Waals surface area contributed by atoms with Crippen LogP contribution in [-0.2, 0) is 10.0 Å². The fraction of sp³-hybridized carbons (Fsp3) is 0.400.